The molecule has 0 saturated heterocycles. The topological polar surface area (TPSA) is 103 Å². The molecule has 3 amide bonds. The van der Waals surface area contributed by atoms with Gasteiger partial charge in [-0.05, 0) is 47.2 Å². The second-order valence-electron chi connectivity index (χ2n) is 9.24. The molecule has 2 aliphatic heterocycles. The molecule has 0 radical (unpaired) electrons. The normalized spacial score (nSPS) is 16.0. The molecule has 0 saturated carbocycles. The molecular weight excluding hydrogens is 518 g/mol. The number of hydrogen-bond donors (Lipinski definition) is 2. The summed E-state index contributed by atoms with van der Waals surface area (Å²) in [6.07, 6.45) is -0.0622. The SMILES string of the molecule is CC(C)c1ccc(NC(=O)CSC2=Nc3ccccc3C3=NC(=O)C(CC(=O)NCc4cccs4)N23)cc1. The van der Waals surface area contributed by atoms with Gasteiger partial charge in [-0.1, -0.05) is 55.9 Å². The molecular formula is C28H27N5O3S2. The van der Waals surface area contributed by atoms with Crippen LogP contribution in [0.1, 0.15) is 42.2 Å². The van der Waals surface area contributed by atoms with Gasteiger partial charge in [0.2, 0.25) is 11.8 Å². The van der Waals surface area contributed by atoms with Crippen molar-refractivity contribution >= 4 is 63.2 Å². The molecule has 2 aliphatic rings. The van der Waals surface area contributed by atoms with Crippen molar-refractivity contribution in [2.45, 2.75) is 38.8 Å². The van der Waals surface area contributed by atoms with E-state index in [1.807, 2.05) is 66.0 Å². The monoisotopic (exact) mass is 545 g/mol. The Balaban J connectivity index is 1.29. The van der Waals surface area contributed by atoms with E-state index in [2.05, 4.69) is 29.5 Å². The van der Waals surface area contributed by atoms with Gasteiger partial charge in [-0.15, -0.1) is 11.3 Å². The first kappa shape index (κ1) is 25.9. The largest absolute Gasteiger partial charge is 0.351 e. The van der Waals surface area contributed by atoms with E-state index >= 15 is 0 Å². The fourth-order valence-corrected chi connectivity index (χ4v) is 5.72. The van der Waals surface area contributed by atoms with E-state index in [0.29, 0.717) is 29.2 Å². The fraction of sp³-hybridized carbons (Fsp3) is 0.250. The van der Waals surface area contributed by atoms with Gasteiger partial charge >= 0.3 is 0 Å². The molecule has 0 fully saturated rings. The maximum atomic E-state index is 13.0. The highest BCUT2D eigenvalue weighted by Gasteiger charge is 2.42. The van der Waals surface area contributed by atoms with Gasteiger partial charge in [0, 0.05) is 16.1 Å². The van der Waals surface area contributed by atoms with Crippen LogP contribution < -0.4 is 10.6 Å². The van der Waals surface area contributed by atoms with Crippen molar-refractivity contribution in [3.8, 4) is 0 Å². The van der Waals surface area contributed by atoms with Gasteiger partial charge in [-0.2, -0.15) is 4.99 Å². The number of carbonyl (C=O) groups is 3. The highest BCUT2D eigenvalue weighted by molar-refractivity contribution is 8.14. The van der Waals surface area contributed by atoms with E-state index in [9.17, 15) is 14.4 Å². The number of nitrogens with one attached hydrogen (secondary N) is 2. The zero-order chi connectivity index (χ0) is 26.6. The van der Waals surface area contributed by atoms with E-state index in [1.54, 1.807) is 16.2 Å². The van der Waals surface area contributed by atoms with Crippen molar-refractivity contribution < 1.29 is 14.4 Å². The Hall–Kier alpha value is -3.76. The summed E-state index contributed by atoms with van der Waals surface area (Å²) in [5, 5.41) is 8.21. The summed E-state index contributed by atoms with van der Waals surface area (Å²) in [7, 11) is 0. The fourth-order valence-electron chi connectivity index (χ4n) is 4.23. The van der Waals surface area contributed by atoms with Gasteiger partial charge in [0.15, 0.2) is 5.17 Å². The minimum absolute atomic E-state index is 0.0622. The molecule has 1 aromatic heterocycles. The maximum absolute atomic E-state index is 13.0. The highest BCUT2D eigenvalue weighted by atomic mass is 32.2. The summed E-state index contributed by atoms with van der Waals surface area (Å²) >= 11 is 2.77. The number of anilines is 1. The third-order valence-electron chi connectivity index (χ3n) is 6.22. The predicted octanol–water partition coefficient (Wildman–Crippen LogP) is 4.91. The lowest BCUT2D eigenvalue weighted by Crippen LogP contribution is -2.46. The highest BCUT2D eigenvalue weighted by Crippen LogP contribution is 2.35. The van der Waals surface area contributed by atoms with E-state index in [-0.39, 0.29) is 24.0 Å². The molecule has 38 heavy (non-hydrogen) atoms. The number of thioether (sulfide) groups is 1. The van der Waals surface area contributed by atoms with E-state index in [4.69, 9.17) is 4.99 Å². The second kappa shape index (κ2) is 11.3. The van der Waals surface area contributed by atoms with E-state index in [1.165, 1.54) is 17.3 Å². The number of carbonyl (C=O) groups excluding carboxylic acids is 3. The van der Waals surface area contributed by atoms with E-state index in [0.717, 1.165) is 16.1 Å². The molecule has 0 aliphatic carbocycles. The summed E-state index contributed by atoms with van der Waals surface area (Å²) in [6, 6.07) is 18.3. The second-order valence-corrected chi connectivity index (χ2v) is 11.2. The Kier molecular flexibility index (Phi) is 7.71. The number of amides is 3. The van der Waals surface area contributed by atoms with Crippen LogP contribution in [0.15, 0.2) is 76.0 Å². The number of nitrogens with zero attached hydrogens (tertiary/aromatic N) is 3. The van der Waals surface area contributed by atoms with Crippen molar-refractivity contribution in [2.75, 3.05) is 11.1 Å². The number of rotatable bonds is 8. The van der Waals surface area contributed by atoms with Crippen molar-refractivity contribution in [3.05, 3.63) is 82.0 Å². The smallest absolute Gasteiger partial charge is 0.271 e. The number of para-hydroxylation sites is 1. The lowest BCUT2D eigenvalue weighted by molar-refractivity contribution is -0.126. The first-order chi connectivity index (χ1) is 18.4. The quantitative estimate of drug-likeness (QED) is 0.419. The van der Waals surface area contributed by atoms with Crippen LogP contribution in [0.3, 0.4) is 0 Å². The lowest BCUT2D eigenvalue weighted by atomic mass is 10.0. The molecule has 1 unspecified atom stereocenters. The van der Waals surface area contributed by atoms with Gasteiger partial charge in [0.1, 0.15) is 11.9 Å². The van der Waals surface area contributed by atoms with Crippen LogP contribution in [0.4, 0.5) is 11.4 Å². The van der Waals surface area contributed by atoms with Gasteiger partial charge in [-0.25, -0.2) is 4.99 Å². The van der Waals surface area contributed by atoms with Gasteiger partial charge < -0.3 is 10.6 Å². The summed E-state index contributed by atoms with van der Waals surface area (Å²) in [4.78, 5) is 50.3. The summed E-state index contributed by atoms with van der Waals surface area (Å²) in [6.45, 7) is 4.64. The van der Waals surface area contributed by atoms with Crippen LogP contribution >= 0.6 is 23.1 Å². The van der Waals surface area contributed by atoms with Crippen LogP contribution in [0, 0.1) is 0 Å². The number of hydrogen-bond acceptors (Lipinski definition) is 7. The van der Waals surface area contributed by atoms with Crippen molar-refractivity contribution in [1.82, 2.24) is 10.2 Å². The summed E-state index contributed by atoms with van der Waals surface area (Å²) in [5.74, 6) is 0.117. The first-order valence-electron chi connectivity index (χ1n) is 12.3. The molecule has 8 nitrogen and oxygen atoms in total. The molecule has 10 heteroatoms. The first-order valence-corrected chi connectivity index (χ1v) is 14.2. The minimum Gasteiger partial charge on any atom is -0.351 e. The third-order valence-corrected chi connectivity index (χ3v) is 8.05. The van der Waals surface area contributed by atoms with Crippen molar-refractivity contribution in [2.24, 2.45) is 9.98 Å². The number of aliphatic imine (C=N–C) groups is 2. The van der Waals surface area contributed by atoms with Crippen LogP contribution in [-0.4, -0.2) is 45.4 Å². The van der Waals surface area contributed by atoms with Crippen LogP contribution in [-0.2, 0) is 20.9 Å². The molecule has 5 rings (SSSR count). The average Bonchev–Trinajstić information content (AvgIpc) is 3.54. The van der Waals surface area contributed by atoms with Crippen LogP contribution in [0.2, 0.25) is 0 Å². The lowest BCUT2D eigenvalue weighted by Gasteiger charge is -2.30. The third kappa shape index (κ3) is 5.71. The molecule has 0 spiro atoms. The number of benzene rings is 2. The minimum atomic E-state index is -0.820. The Bertz CT molecular complexity index is 1410. The molecule has 2 N–H and O–H groups in total. The number of fused-ring (bicyclic) bond motifs is 3. The standard InChI is InChI=1S/C28H27N5O3S2/c1-17(2)18-9-11-19(12-10-18)30-25(35)16-38-28-31-22-8-4-3-7-21(22)26-32-27(36)23(33(26)28)14-24(34)29-15-20-6-5-13-37-20/h3-13,17,23H,14-16H2,1-2H3,(H,29,34)(H,30,35). The molecule has 1 atom stereocenters. The number of amidine groups is 2. The maximum Gasteiger partial charge on any atom is 0.271 e. The molecule has 194 valence electrons. The molecule has 3 aromatic rings. The molecule has 2 aromatic carbocycles. The van der Waals surface area contributed by atoms with Crippen LogP contribution in [0.25, 0.3) is 0 Å². The van der Waals surface area contributed by atoms with E-state index < -0.39 is 11.9 Å². The van der Waals surface area contributed by atoms with Crippen LogP contribution in [0.5, 0.6) is 0 Å². The Morgan fingerprint density at radius 2 is 1.82 bits per heavy atom. The predicted molar refractivity (Wildman–Crippen MR) is 153 cm³/mol. The van der Waals surface area contributed by atoms with Crippen molar-refractivity contribution in [3.63, 3.8) is 0 Å². The molecule has 0 bridgehead atoms. The Morgan fingerprint density at radius 1 is 1.03 bits per heavy atom. The Morgan fingerprint density at radius 3 is 2.55 bits per heavy atom. The summed E-state index contributed by atoms with van der Waals surface area (Å²) < 4.78 is 0. The zero-order valence-corrected chi connectivity index (χ0v) is 22.6. The van der Waals surface area contributed by atoms with Gasteiger partial charge in [0.05, 0.1) is 24.4 Å². The van der Waals surface area contributed by atoms with Gasteiger partial charge in [0.25, 0.3) is 5.91 Å². The number of thiophene rings is 1. The van der Waals surface area contributed by atoms with Crippen molar-refractivity contribution in [1.29, 1.82) is 0 Å². The molecule has 3 heterocycles. The van der Waals surface area contributed by atoms with Gasteiger partial charge in [-0.3, -0.25) is 19.3 Å². The average molecular weight is 546 g/mol. The zero-order valence-electron chi connectivity index (χ0n) is 21.0. The Labute approximate surface area is 229 Å². The summed E-state index contributed by atoms with van der Waals surface area (Å²) in [5.41, 5.74) is 3.31.